The Balaban J connectivity index is 2.45. The monoisotopic (exact) mass is 557 g/mol. The van der Waals surface area contributed by atoms with Gasteiger partial charge in [0.2, 0.25) is 21.8 Å². The molecule has 2 aromatic rings. The van der Waals surface area contributed by atoms with Crippen LogP contribution in [0.5, 0.6) is 5.75 Å². The number of rotatable bonds is 13. The van der Waals surface area contributed by atoms with Gasteiger partial charge in [0.05, 0.1) is 24.6 Å². The molecule has 0 heterocycles. The first-order valence-corrected chi connectivity index (χ1v) is 14.0. The first-order chi connectivity index (χ1) is 17.8. The highest BCUT2D eigenvalue weighted by molar-refractivity contribution is 7.92. The van der Waals surface area contributed by atoms with Crippen molar-refractivity contribution in [1.29, 1.82) is 0 Å². The number of carbonyl (C=O) groups excluding carboxylic acids is 2. The van der Waals surface area contributed by atoms with Gasteiger partial charge in [0, 0.05) is 13.1 Å². The molecule has 0 unspecified atom stereocenters. The standard InChI is InChI=1S/C26H34F3N3O5S/c1-5-7-15-30-25(34)23(6-2)31(17-19-11-13-22(37-3)14-12-19)24(33)18-32(38(4,35)36)21-10-8-9-20(16-21)26(27,28)29/h8-14,16,23H,5-7,15,17-18H2,1-4H3,(H,30,34)/t23-/m0/s1. The molecule has 0 aliphatic rings. The number of nitrogens with one attached hydrogen (secondary N) is 1. The van der Waals surface area contributed by atoms with Gasteiger partial charge in [0.1, 0.15) is 18.3 Å². The van der Waals surface area contributed by atoms with Gasteiger partial charge >= 0.3 is 6.18 Å². The molecule has 0 bridgehead atoms. The van der Waals surface area contributed by atoms with E-state index in [1.807, 2.05) is 6.92 Å². The van der Waals surface area contributed by atoms with Crippen LogP contribution < -0.4 is 14.4 Å². The predicted molar refractivity (Wildman–Crippen MR) is 139 cm³/mol. The second-order valence-electron chi connectivity index (χ2n) is 8.76. The number of ether oxygens (including phenoxy) is 1. The summed E-state index contributed by atoms with van der Waals surface area (Å²) in [4.78, 5) is 27.9. The van der Waals surface area contributed by atoms with Gasteiger partial charge in [-0.1, -0.05) is 38.5 Å². The molecule has 0 spiro atoms. The maximum absolute atomic E-state index is 13.6. The smallest absolute Gasteiger partial charge is 0.416 e. The van der Waals surface area contributed by atoms with E-state index in [1.165, 1.54) is 18.1 Å². The zero-order valence-electron chi connectivity index (χ0n) is 21.9. The van der Waals surface area contributed by atoms with Crippen molar-refractivity contribution in [3.63, 3.8) is 0 Å². The molecule has 8 nitrogen and oxygen atoms in total. The minimum atomic E-state index is -4.70. The third-order valence-electron chi connectivity index (χ3n) is 5.87. The van der Waals surface area contributed by atoms with Gasteiger partial charge in [0.15, 0.2) is 0 Å². The van der Waals surface area contributed by atoms with Gasteiger partial charge in [-0.05, 0) is 48.7 Å². The van der Waals surface area contributed by atoms with Crippen LogP contribution in [0.15, 0.2) is 48.5 Å². The topological polar surface area (TPSA) is 96.0 Å². The number of halogens is 3. The van der Waals surface area contributed by atoms with Crippen molar-refractivity contribution < 1.29 is 35.9 Å². The third-order valence-corrected chi connectivity index (χ3v) is 7.01. The number of methoxy groups -OCH3 is 1. The fourth-order valence-electron chi connectivity index (χ4n) is 3.80. The van der Waals surface area contributed by atoms with E-state index in [2.05, 4.69) is 5.32 Å². The summed E-state index contributed by atoms with van der Waals surface area (Å²) < 4.78 is 70.9. The Morgan fingerprint density at radius 2 is 1.74 bits per heavy atom. The summed E-state index contributed by atoms with van der Waals surface area (Å²) in [5.74, 6) is -0.544. The largest absolute Gasteiger partial charge is 0.497 e. The highest BCUT2D eigenvalue weighted by Crippen LogP contribution is 2.32. The summed E-state index contributed by atoms with van der Waals surface area (Å²) in [5, 5.41) is 2.80. The molecule has 0 aliphatic carbocycles. The Bertz CT molecular complexity index is 1190. The highest BCUT2D eigenvalue weighted by atomic mass is 32.2. The summed E-state index contributed by atoms with van der Waals surface area (Å²) in [6.45, 7) is 3.30. The Labute approximate surface area is 221 Å². The summed E-state index contributed by atoms with van der Waals surface area (Å²) in [6.07, 6.45) is -2.06. The minimum Gasteiger partial charge on any atom is -0.497 e. The Kier molecular flexibility index (Phi) is 11.0. The van der Waals surface area contributed by atoms with Gasteiger partial charge in [-0.15, -0.1) is 0 Å². The molecule has 38 heavy (non-hydrogen) atoms. The van der Waals surface area contributed by atoms with Crippen molar-refractivity contribution in [2.75, 3.05) is 30.8 Å². The van der Waals surface area contributed by atoms with Crippen molar-refractivity contribution in [2.24, 2.45) is 0 Å². The van der Waals surface area contributed by atoms with Gasteiger partial charge < -0.3 is 15.0 Å². The van der Waals surface area contributed by atoms with Crippen LogP contribution in [-0.2, 0) is 32.3 Å². The van der Waals surface area contributed by atoms with E-state index >= 15 is 0 Å². The number of amides is 2. The number of hydrogen-bond donors (Lipinski definition) is 1. The lowest BCUT2D eigenvalue weighted by Crippen LogP contribution is -2.52. The Hall–Kier alpha value is -3.28. The minimum absolute atomic E-state index is 0.0251. The Morgan fingerprint density at radius 1 is 1.08 bits per heavy atom. The third kappa shape index (κ3) is 8.64. The lowest BCUT2D eigenvalue weighted by atomic mass is 10.1. The number of nitrogens with zero attached hydrogens (tertiary/aromatic N) is 2. The van der Waals surface area contributed by atoms with E-state index in [0.29, 0.717) is 28.2 Å². The zero-order chi connectivity index (χ0) is 28.5. The van der Waals surface area contributed by atoms with Crippen LogP contribution in [0.3, 0.4) is 0 Å². The van der Waals surface area contributed by atoms with Gasteiger partial charge in [-0.25, -0.2) is 8.42 Å². The van der Waals surface area contributed by atoms with Crippen LogP contribution in [0.1, 0.15) is 44.2 Å². The van der Waals surface area contributed by atoms with Crippen LogP contribution >= 0.6 is 0 Å². The fraction of sp³-hybridized carbons (Fsp3) is 0.462. The molecule has 12 heteroatoms. The van der Waals surface area contributed by atoms with Crippen molar-refractivity contribution in [1.82, 2.24) is 10.2 Å². The van der Waals surface area contributed by atoms with E-state index in [0.717, 1.165) is 31.2 Å². The molecule has 0 aromatic heterocycles. The van der Waals surface area contributed by atoms with Crippen molar-refractivity contribution >= 4 is 27.5 Å². The second kappa shape index (κ2) is 13.5. The molecular formula is C26H34F3N3O5S. The summed E-state index contributed by atoms with van der Waals surface area (Å²) in [6, 6.07) is 9.62. The maximum atomic E-state index is 13.6. The number of benzene rings is 2. The lowest BCUT2D eigenvalue weighted by molar-refractivity contribution is -0.140. The van der Waals surface area contributed by atoms with Crippen molar-refractivity contribution in [2.45, 2.75) is 51.9 Å². The molecule has 0 fully saturated rings. The molecule has 210 valence electrons. The van der Waals surface area contributed by atoms with E-state index in [-0.39, 0.29) is 18.7 Å². The first-order valence-electron chi connectivity index (χ1n) is 12.2. The lowest BCUT2D eigenvalue weighted by Gasteiger charge is -2.33. The van der Waals surface area contributed by atoms with Gasteiger partial charge in [0.25, 0.3) is 0 Å². The highest BCUT2D eigenvalue weighted by Gasteiger charge is 2.34. The SMILES string of the molecule is CCCCNC(=O)[C@H](CC)N(Cc1ccc(OC)cc1)C(=O)CN(c1cccc(C(F)(F)F)c1)S(C)(=O)=O. The summed E-state index contributed by atoms with van der Waals surface area (Å²) in [7, 11) is -2.65. The van der Waals surface area contributed by atoms with E-state index in [9.17, 15) is 31.2 Å². The van der Waals surface area contributed by atoms with E-state index in [4.69, 9.17) is 4.74 Å². The van der Waals surface area contributed by atoms with E-state index < -0.39 is 46.2 Å². The number of alkyl halides is 3. The average molecular weight is 558 g/mol. The normalized spacial score (nSPS) is 12.5. The van der Waals surface area contributed by atoms with Gasteiger partial charge in [-0.3, -0.25) is 13.9 Å². The quantitative estimate of drug-likeness (QED) is 0.373. The number of hydrogen-bond acceptors (Lipinski definition) is 5. The molecule has 2 aromatic carbocycles. The average Bonchev–Trinajstić information content (AvgIpc) is 2.86. The van der Waals surface area contributed by atoms with Gasteiger partial charge in [-0.2, -0.15) is 13.2 Å². The molecule has 1 N–H and O–H groups in total. The van der Waals surface area contributed by atoms with Crippen molar-refractivity contribution in [3.8, 4) is 5.75 Å². The first kappa shape index (κ1) is 30.9. The summed E-state index contributed by atoms with van der Waals surface area (Å²) >= 11 is 0. The molecule has 0 saturated heterocycles. The van der Waals surface area contributed by atoms with E-state index in [1.54, 1.807) is 31.2 Å². The predicted octanol–water partition coefficient (Wildman–Crippen LogP) is 4.20. The number of unbranched alkanes of at least 4 members (excludes halogenated alkanes) is 1. The Morgan fingerprint density at radius 3 is 2.26 bits per heavy atom. The van der Waals surface area contributed by atoms with Crippen LogP contribution in [0.25, 0.3) is 0 Å². The fourth-order valence-corrected chi connectivity index (χ4v) is 4.65. The van der Waals surface area contributed by atoms with Crippen LogP contribution in [0, 0.1) is 0 Å². The molecule has 0 saturated carbocycles. The molecule has 0 aliphatic heterocycles. The number of sulfonamides is 1. The molecule has 1 atom stereocenters. The molecule has 0 radical (unpaired) electrons. The maximum Gasteiger partial charge on any atom is 0.416 e. The van der Waals surface area contributed by atoms with Crippen molar-refractivity contribution in [3.05, 3.63) is 59.7 Å². The van der Waals surface area contributed by atoms with Crippen LogP contribution in [0.2, 0.25) is 0 Å². The molecule has 2 amide bonds. The van der Waals surface area contributed by atoms with Crippen LogP contribution in [-0.4, -0.2) is 57.6 Å². The molecule has 2 rings (SSSR count). The zero-order valence-corrected chi connectivity index (χ0v) is 22.7. The van der Waals surface area contributed by atoms with Crippen LogP contribution in [0.4, 0.5) is 18.9 Å². The second-order valence-corrected chi connectivity index (χ2v) is 10.7. The number of carbonyl (C=O) groups is 2. The molecular weight excluding hydrogens is 523 g/mol. The number of anilines is 1. The summed E-state index contributed by atoms with van der Waals surface area (Å²) in [5.41, 5.74) is -0.697.